The van der Waals surface area contributed by atoms with Gasteiger partial charge in [0.25, 0.3) is 0 Å². The van der Waals surface area contributed by atoms with Crippen molar-refractivity contribution >= 4 is 31.9 Å². The maximum atomic E-state index is 8.96. The number of aliphatic hydroxyl groups is 1. The third-order valence-corrected chi connectivity index (χ3v) is 3.09. The molecule has 1 N–H and O–H groups in total. The molecule has 0 radical (unpaired) electrons. The first kappa shape index (κ1) is 11.7. The lowest BCUT2D eigenvalue weighted by molar-refractivity contribution is 0.282. The zero-order valence-electron chi connectivity index (χ0n) is 8.19. The van der Waals surface area contributed by atoms with Crippen LogP contribution in [0, 0.1) is 0 Å². The maximum absolute atomic E-state index is 8.96. The lowest BCUT2D eigenvalue weighted by Crippen LogP contribution is -1.90. The van der Waals surface area contributed by atoms with E-state index in [0.29, 0.717) is 4.73 Å². The predicted molar refractivity (Wildman–Crippen MR) is 68.8 cm³/mol. The molecule has 2 aromatic rings. The van der Waals surface area contributed by atoms with Crippen molar-refractivity contribution in [2.45, 2.75) is 6.61 Å². The van der Waals surface area contributed by atoms with E-state index in [0.717, 1.165) is 21.3 Å². The highest BCUT2D eigenvalue weighted by Gasteiger charge is 2.06. The number of aliphatic hydroxyl groups excluding tert-OH is 1. The third-order valence-electron chi connectivity index (χ3n) is 2.12. The number of hydrogen-bond donors (Lipinski definition) is 1. The third kappa shape index (κ3) is 2.48. The van der Waals surface area contributed by atoms with Crippen LogP contribution in [0.4, 0.5) is 0 Å². The molecule has 0 spiro atoms. The summed E-state index contributed by atoms with van der Waals surface area (Å²) < 4.78 is 1.39. The van der Waals surface area contributed by atoms with E-state index in [-0.39, 0.29) is 6.61 Å². The van der Waals surface area contributed by atoms with Gasteiger partial charge in [-0.2, -0.15) is 0 Å². The Morgan fingerprint density at radius 1 is 1.12 bits per heavy atom. The van der Waals surface area contributed by atoms with Crippen molar-refractivity contribution in [1.29, 1.82) is 0 Å². The van der Waals surface area contributed by atoms with E-state index in [2.05, 4.69) is 41.8 Å². The van der Waals surface area contributed by atoms with Gasteiger partial charge in [0, 0.05) is 11.8 Å². The molecule has 0 atom stereocenters. The van der Waals surface area contributed by atoms with Crippen LogP contribution in [0.15, 0.2) is 39.7 Å². The van der Waals surface area contributed by atoms with Crippen LogP contribution in [0.5, 0.6) is 0 Å². The van der Waals surface area contributed by atoms with Crippen molar-refractivity contribution in [2.75, 3.05) is 0 Å². The fourth-order valence-corrected chi connectivity index (χ4v) is 2.02. The summed E-state index contributed by atoms with van der Waals surface area (Å²) >= 11 is 6.65. The number of hydrogen-bond acceptors (Lipinski definition) is 3. The standard InChI is InChI=1S/C11H8Br2N2O/c12-9-5-14-11(13)15-10(9)8-3-1-7(6-16)2-4-8/h1-5,16H,6H2. The van der Waals surface area contributed by atoms with Gasteiger partial charge < -0.3 is 5.11 Å². The van der Waals surface area contributed by atoms with Crippen molar-refractivity contribution < 1.29 is 5.11 Å². The molecule has 0 bridgehead atoms. The maximum Gasteiger partial charge on any atom is 0.197 e. The van der Waals surface area contributed by atoms with Crippen LogP contribution >= 0.6 is 31.9 Å². The highest BCUT2D eigenvalue weighted by molar-refractivity contribution is 9.11. The highest BCUT2D eigenvalue weighted by atomic mass is 79.9. The van der Waals surface area contributed by atoms with Crippen molar-refractivity contribution in [3.8, 4) is 11.3 Å². The molecule has 5 heteroatoms. The number of aromatic nitrogens is 2. The second-order valence-corrected chi connectivity index (χ2v) is 4.75. The van der Waals surface area contributed by atoms with Gasteiger partial charge in [0.15, 0.2) is 4.73 Å². The molecule has 0 aliphatic heterocycles. The Balaban J connectivity index is 2.45. The number of nitrogens with zero attached hydrogens (tertiary/aromatic N) is 2. The molecule has 1 aromatic carbocycles. The van der Waals surface area contributed by atoms with E-state index in [1.54, 1.807) is 6.20 Å². The number of halogens is 2. The SMILES string of the molecule is OCc1ccc(-c2nc(Br)ncc2Br)cc1. The van der Waals surface area contributed by atoms with Gasteiger partial charge in [-0.1, -0.05) is 24.3 Å². The van der Waals surface area contributed by atoms with Gasteiger partial charge >= 0.3 is 0 Å². The zero-order valence-corrected chi connectivity index (χ0v) is 11.4. The van der Waals surface area contributed by atoms with E-state index in [9.17, 15) is 0 Å². The smallest absolute Gasteiger partial charge is 0.197 e. The van der Waals surface area contributed by atoms with Gasteiger partial charge in [0.05, 0.1) is 16.8 Å². The van der Waals surface area contributed by atoms with Crippen LogP contribution in [-0.2, 0) is 6.61 Å². The average molecular weight is 344 g/mol. The summed E-state index contributed by atoms with van der Waals surface area (Å²) in [7, 11) is 0. The molecule has 2 rings (SSSR count). The summed E-state index contributed by atoms with van der Waals surface area (Å²) in [5.74, 6) is 0. The average Bonchev–Trinajstić information content (AvgIpc) is 2.32. The summed E-state index contributed by atoms with van der Waals surface area (Å²) in [5.41, 5.74) is 2.69. The molecule has 0 aliphatic rings. The minimum atomic E-state index is 0.0505. The van der Waals surface area contributed by atoms with Crippen molar-refractivity contribution in [3.63, 3.8) is 0 Å². The molecule has 0 unspecified atom stereocenters. The Morgan fingerprint density at radius 2 is 1.81 bits per heavy atom. The van der Waals surface area contributed by atoms with Crippen LogP contribution in [-0.4, -0.2) is 15.1 Å². The second kappa shape index (κ2) is 5.03. The summed E-state index contributed by atoms with van der Waals surface area (Å²) in [6, 6.07) is 7.59. The van der Waals surface area contributed by atoms with Gasteiger partial charge in [-0.3, -0.25) is 0 Å². The normalized spacial score (nSPS) is 10.4. The molecule has 0 saturated carbocycles. The Hall–Kier alpha value is -0.780. The highest BCUT2D eigenvalue weighted by Crippen LogP contribution is 2.26. The van der Waals surface area contributed by atoms with Crippen LogP contribution in [0.25, 0.3) is 11.3 Å². The largest absolute Gasteiger partial charge is 0.392 e. The zero-order chi connectivity index (χ0) is 11.5. The van der Waals surface area contributed by atoms with Gasteiger partial charge in [-0.25, -0.2) is 9.97 Å². The Kier molecular flexibility index (Phi) is 3.68. The monoisotopic (exact) mass is 342 g/mol. The lowest BCUT2D eigenvalue weighted by Gasteiger charge is -2.04. The van der Waals surface area contributed by atoms with Gasteiger partial charge in [0.2, 0.25) is 0 Å². The minimum absolute atomic E-state index is 0.0505. The first-order chi connectivity index (χ1) is 7.70. The fourth-order valence-electron chi connectivity index (χ4n) is 1.32. The quantitative estimate of drug-likeness (QED) is 0.852. The molecular formula is C11H8Br2N2O. The van der Waals surface area contributed by atoms with Crippen molar-refractivity contribution in [2.24, 2.45) is 0 Å². The lowest BCUT2D eigenvalue weighted by atomic mass is 10.1. The first-order valence-corrected chi connectivity index (χ1v) is 6.17. The summed E-state index contributed by atoms with van der Waals surface area (Å²) in [5, 5.41) is 8.96. The summed E-state index contributed by atoms with van der Waals surface area (Å²) in [6.07, 6.45) is 1.70. The fraction of sp³-hybridized carbons (Fsp3) is 0.0909. The molecule has 0 saturated heterocycles. The van der Waals surface area contributed by atoms with Crippen molar-refractivity contribution in [3.05, 3.63) is 45.2 Å². The first-order valence-electron chi connectivity index (χ1n) is 4.59. The molecule has 82 valence electrons. The van der Waals surface area contributed by atoms with Gasteiger partial charge in [-0.05, 0) is 37.4 Å². The second-order valence-electron chi connectivity index (χ2n) is 3.19. The topological polar surface area (TPSA) is 46.0 Å². The number of benzene rings is 1. The predicted octanol–water partition coefficient (Wildman–Crippen LogP) is 3.16. The summed E-state index contributed by atoms with van der Waals surface area (Å²) in [6.45, 7) is 0.0505. The Bertz CT molecular complexity index is 500. The van der Waals surface area contributed by atoms with E-state index in [1.165, 1.54) is 0 Å². The van der Waals surface area contributed by atoms with Crippen LogP contribution < -0.4 is 0 Å². The molecular weight excluding hydrogens is 336 g/mol. The van der Waals surface area contributed by atoms with Gasteiger partial charge in [-0.15, -0.1) is 0 Å². The van der Waals surface area contributed by atoms with E-state index < -0.39 is 0 Å². The molecule has 0 aliphatic carbocycles. The molecule has 0 fully saturated rings. The summed E-state index contributed by atoms with van der Waals surface area (Å²) in [4.78, 5) is 8.31. The van der Waals surface area contributed by atoms with Crippen molar-refractivity contribution in [1.82, 2.24) is 9.97 Å². The minimum Gasteiger partial charge on any atom is -0.392 e. The van der Waals surface area contributed by atoms with E-state index in [4.69, 9.17) is 5.11 Å². The molecule has 3 nitrogen and oxygen atoms in total. The molecule has 1 aromatic heterocycles. The van der Waals surface area contributed by atoms with Crippen LogP contribution in [0.2, 0.25) is 0 Å². The van der Waals surface area contributed by atoms with Gasteiger partial charge in [0.1, 0.15) is 0 Å². The molecule has 16 heavy (non-hydrogen) atoms. The molecule has 1 heterocycles. The Morgan fingerprint density at radius 3 is 2.44 bits per heavy atom. The Labute approximate surface area is 110 Å². The molecule has 0 amide bonds. The number of rotatable bonds is 2. The van der Waals surface area contributed by atoms with Crippen LogP contribution in [0.3, 0.4) is 0 Å². The van der Waals surface area contributed by atoms with Crippen LogP contribution in [0.1, 0.15) is 5.56 Å². The van der Waals surface area contributed by atoms with E-state index in [1.807, 2.05) is 24.3 Å². The van der Waals surface area contributed by atoms with E-state index >= 15 is 0 Å².